The van der Waals surface area contributed by atoms with E-state index in [1.54, 1.807) is 30.3 Å². The number of carbonyl (C=O) groups is 2. The van der Waals surface area contributed by atoms with Crippen molar-refractivity contribution in [2.45, 2.75) is 13.0 Å². The van der Waals surface area contributed by atoms with E-state index in [-0.39, 0.29) is 10.7 Å². The fourth-order valence-electron chi connectivity index (χ4n) is 2.21. The van der Waals surface area contributed by atoms with E-state index in [1.165, 1.54) is 13.0 Å². The van der Waals surface area contributed by atoms with Crippen molar-refractivity contribution < 1.29 is 14.3 Å². The zero-order valence-electron chi connectivity index (χ0n) is 13.0. The molecule has 1 heterocycles. The maximum absolute atomic E-state index is 12.3. The molecule has 0 radical (unpaired) electrons. The Hall–Kier alpha value is -2.57. The number of rotatable bonds is 4. The normalized spacial score (nSPS) is 12.0. The molecule has 0 bridgehead atoms. The number of nitrogens with one attached hydrogen (secondary N) is 2. The highest BCUT2D eigenvalue weighted by molar-refractivity contribution is 6.36. The van der Waals surface area contributed by atoms with Gasteiger partial charge in [0.25, 0.3) is 5.91 Å². The van der Waals surface area contributed by atoms with Crippen LogP contribution < -0.4 is 5.32 Å². The second kappa shape index (κ2) is 7.13. The van der Waals surface area contributed by atoms with Crippen LogP contribution in [0.1, 0.15) is 17.4 Å². The molecule has 8 heteroatoms. The number of fused-ring (bicyclic) bond motifs is 1. The summed E-state index contributed by atoms with van der Waals surface area (Å²) in [4.78, 5) is 24.5. The fourth-order valence-corrected chi connectivity index (χ4v) is 2.67. The van der Waals surface area contributed by atoms with Crippen LogP contribution in [-0.4, -0.2) is 28.2 Å². The predicted molar refractivity (Wildman–Crippen MR) is 96.1 cm³/mol. The van der Waals surface area contributed by atoms with Crippen molar-refractivity contribution in [2.24, 2.45) is 0 Å². The average Bonchev–Trinajstić information content (AvgIpc) is 3.01. The molecule has 1 atom stereocenters. The molecular weight excluding hydrogens is 365 g/mol. The van der Waals surface area contributed by atoms with Gasteiger partial charge in [0.2, 0.25) is 0 Å². The Bertz CT molecular complexity index is 955. The molecule has 0 aliphatic carbocycles. The van der Waals surface area contributed by atoms with Crippen LogP contribution in [-0.2, 0) is 9.53 Å². The van der Waals surface area contributed by atoms with Crippen LogP contribution in [0.25, 0.3) is 10.9 Å². The van der Waals surface area contributed by atoms with Gasteiger partial charge in [0.1, 0.15) is 0 Å². The molecule has 0 spiro atoms. The summed E-state index contributed by atoms with van der Waals surface area (Å²) in [6, 6.07) is 11.8. The third-order valence-corrected chi connectivity index (χ3v) is 4.05. The first-order valence-electron chi connectivity index (χ1n) is 7.35. The van der Waals surface area contributed by atoms with Gasteiger partial charge in [-0.25, -0.2) is 4.79 Å². The number of ether oxygens (including phenoxy) is 1. The summed E-state index contributed by atoms with van der Waals surface area (Å²) >= 11 is 11.8. The quantitative estimate of drug-likeness (QED) is 0.671. The molecule has 3 rings (SSSR count). The van der Waals surface area contributed by atoms with Gasteiger partial charge in [-0.1, -0.05) is 41.4 Å². The molecule has 0 aliphatic heterocycles. The number of H-pyrrole nitrogens is 1. The van der Waals surface area contributed by atoms with E-state index in [0.29, 0.717) is 21.6 Å². The zero-order valence-corrected chi connectivity index (χ0v) is 14.6. The third kappa shape index (κ3) is 3.75. The van der Waals surface area contributed by atoms with Gasteiger partial charge < -0.3 is 10.1 Å². The number of nitrogens with zero attached hydrogens (tertiary/aromatic N) is 1. The number of amides is 1. The number of halogens is 2. The highest BCUT2D eigenvalue weighted by Crippen LogP contribution is 2.25. The Labute approximate surface area is 153 Å². The standard InChI is InChI=1S/C17H13Cl2N3O3/c1-9(16(23)20-14-7-6-10(18)8-12(14)19)25-17(24)15-11-4-2-3-5-13(11)21-22-15/h2-9H,1H3,(H,20,23)(H,21,22)/t9-/m0/s1. The smallest absolute Gasteiger partial charge is 0.360 e. The largest absolute Gasteiger partial charge is 0.448 e. The maximum Gasteiger partial charge on any atom is 0.360 e. The second-order valence-corrected chi connectivity index (χ2v) is 6.12. The number of hydrogen-bond acceptors (Lipinski definition) is 4. The molecular formula is C17H13Cl2N3O3. The van der Waals surface area contributed by atoms with Crippen molar-refractivity contribution in [3.05, 3.63) is 58.2 Å². The molecule has 1 amide bonds. The molecule has 2 N–H and O–H groups in total. The lowest BCUT2D eigenvalue weighted by atomic mass is 10.2. The Kier molecular flexibility index (Phi) is 4.92. The molecule has 0 fully saturated rings. The number of hydrogen-bond donors (Lipinski definition) is 2. The molecule has 1 aromatic heterocycles. The average molecular weight is 378 g/mol. The first-order valence-corrected chi connectivity index (χ1v) is 8.11. The number of esters is 1. The van der Waals surface area contributed by atoms with Gasteiger partial charge in [-0.3, -0.25) is 9.89 Å². The van der Waals surface area contributed by atoms with Crippen LogP contribution in [0.5, 0.6) is 0 Å². The first kappa shape index (κ1) is 17.3. The van der Waals surface area contributed by atoms with Gasteiger partial charge >= 0.3 is 5.97 Å². The minimum Gasteiger partial charge on any atom is -0.448 e. The Morgan fingerprint density at radius 3 is 2.72 bits per heavy atom. The molecule has 6 nitrogen and oxygen atoms in total. The number of aromatic amines is 1. The lowest BCUT2D eigenvalue weighted by Gasteiger charge is -2.13. The van der Waals surface area contributed by atoms with E-state index in [1.807, 2.05) is 6.07 Å². The number of anilines is 1. The Morgan fingerprint density at radius 2 is 1.96 bits per heavy atom. The minimum atomic E-state index is -1.03. The summed E-state index contributed by atoms with van der Waals surface area (Å²) in [6.07, 6.45) is -1.03. The van der Waals surface area contributed by atoms with E-state index < -0.39 is 18.0 Å². The summed E-state index contributed by atoms with van der Waals surface area (Å²) in [6.45, 7) is 1.46. The van der Waals surface area contributed by atoms with E-state index >= 15 is 0 Å². The summed E-state index contributed by atoms with van der Waals surface area (Å²) in [5.41, 5.74) is 1.21. The second-order valence-electron chi connectivity index (χ2n) is 5.28. The zero-order chi connectivity index (χ0) is 18.0. The van der Waals surface area contributed by atoms with E-state index in [0.717, 1.165) is 0 Å². The van der Waals surface area contributed by atoms with Crippen molar-refractivity contribution in [2.75, 3.05) is 5.32 Å². The minimum absolute atomic E-state index is 0.125. The molecule has 0 saturated carbocycles. The monoisotopic (exact) mass is 377 g/mol. The Balaban J connectivity index is 1.69. The molecule has 25 heavy (non-hydrogen) atoms. The first-order chi connectivity index (χ1) is 12.0. The lowest BCUT2D eigenvalue weighted by molar-refractivity contribution is -0.123. The van der Waals surface area contributed by atoms with Gasteiger partial charge in [-0.05, 0) is 31.2 Å². The summed E-state index contributed by atoms with van der Waals surface area (Å²) < 4.78 is 5.20. The van der Waals surface area contributed by atoms with Crippen molar-refractivity contribution in [1.82, 2.24) is 10.2 Å². The SMILES string of the molecule is C[C@H](OC(=O)c1n[nH]c2ccccc12)C(=O)Nc1ccc(Cl)cc1Cl. The van der Waals surface area contributed by atoms with Crippen molar-refractivity contribution in [1.29, 1.82) is 0 Å². The van der Waals surface area contributed by atoms with Crippen LogP contribution in [0.2, 0.25) is 10.0 Å². The third-order valence-electron chi connectivity index (χ3n) is 3.51. The fraction of sp³-hybridized carbons (Fsp3) is 0.118. The van der Waals surface area contributed by atoms with Gasteiger partial charge in [0, 0.05) is 10.4 Å². The number of para-hydroxylation sites is 1. The molecule has 0 unspecified atom stereocenters. The topological polar surface area (TPSA) is 84.1 Å². The summed E-state index contributed by atoms with van der Waals surface area (Å²) in [5, 5.41) is 10.6. The van der Waals surface area contributed by atoms with Crippen molar-refractivity contribution in [3.8, 4) is 0 Å². The van der Waals surface area contributed by atoms with E-state index in [2.05, 4.69) is 15.5 Å². The maximum atomic E-state index is 12.3. The van der Waals surface area contributed by atoms with Crippen LogP contribution in [0.4, 0.5) is 5.69 Å². The summed E-state index contributed by atoms with van der Waals surface area (Å²) in [5.74, 6) is -1.21. The molecule has 0 aliphatic rings. The van der Waals surface area contributed by atoms with Crippen molar-refractivity contribution >= 4 is 51.7 Å². The number of aromatic nitrogens is 2. The molecule has 3 aromatic rings. The van der Waals surface area contributed by atoms with Gasteiger partial charge in [-0.2, -0.15) is 5.10 Å². The van der Waals surface area contributed by atoms with Crippen molar-refractivity contribution in [3.63, 3.8) is 0 Å². The molecule has 0 saturated heterocycles. The van der Waals surface area contributed by atoms with Crippen LogP contribution in [0, 0.1) is 0 Å². The Morgan fingerprint density at radius 1 is 1.20 bits per heavy atom. The van der Waals surface area contributed by atoms with E-state index in [9.17, 15) is 9.59 Å². The predicted octanol–water partition coefficient (Wildman–Crippen LogP) is 4.05. The van der Waals surface area contributed by atoms with Crippen LogP contribution >= 0.6 is 23.2 Å². The van der Waals surface area contributed by atoms with E-state index in [4.69, 9.17) is 27.9 Å². The summed E-state index contributed by atoms with van der Waals surface area (Å²) in [7, 11) is 0. The molecule has 2 aromatic carbocycles. The van der Waals surface area contributed by atoms with Gasteiger partial charge in [0.05, 0.1) is 16.2 Å². The van der Waals surface area contributed by atoms with Crippen LogP contribution in [0.15, 0.2) is 42.5 Å². The number of carbonyl (C=O) groups excluding carboxylic acids is 2. The lowest BCUT2D eigenvalue weighted by Crippen LogP contribution is -2.30. The molecule has 128 valence electrons. The van der Waals surface area contributed by atoms with Crippen LogP contribution in [0.3, 0.4) is 0 Å². The highest BCUT2D eigenvalue weighted by atomic mass is 35.5. The highest BCUT2D eigenvalue weighted by Gasteiger charge is 2.22. The van der Waals surface area contributed by atoms with Gasteiger partial charge in [-0.15, -0.1) is 0 Å². The van der Waals surface area contributed by atoms with Gasteiger partial charge in [0.15, 0.2) is 11.8 Å². The number of benzene rings is 2.